The van der Waals surface area contributed by atoms with Crippen LogP contribution in [0.25, 0.3) is 0 Å². The maximum Gasteiger partial charge on any atom is 0.227 e. The van der Waals surface area contributed by atoms with Crippen LogP contribution < -0.4 is 10.2 Å². The van der Waals surface area contributed by atoms with Gasteiger partial charge in [0.05, 0.1) is 0 Å². The molecule has 1 aliphatic rings. The summed E-state index contributed by atoms with van der Waals surface area (Å²) in [5.41, 5.74) is 2.15. The third-order valence-electron chi connectivity index (χ3n) is 3.44. The Morgan fingerprint density at radius 3 is 2.21 bits per heavy atom. The molecule has 104 valence electrons. The van der Waals surface area contributed by atoms with Crippen LogP contribution in [0.4, 0.5) is 11.4 Å². The molecule has 1 N–H and O–H groups in total. The second-order valence-corrected chi connectivity index (χ2v) is 5.30. The zero-order chi connectivity index (χ0) is 13.7. The number of anilines is 2. The van der Waals surface area contributed by atoms with Gasteiger partial charge in [0.25, 0.3) is 0 Å². The maximum absolute atomic E-state index is 11.7. The van der Waals surface area contributed by atoms with Crippen molar-refractivity contribution in [3.05, 3.63) is 24.3 Å². The van der Waals surface area contributed by atoms with E-state index in [0.29, 0.717) is 0 Å². The largest absolute Gasteiger partial charge is 0.372 e. The Morgan fingerprint density at radius 1 is 1.16 bits per heavy atom. The summed E-state index contributed by atoms with van der Waals surface area (Å²) >= 11 is 0. The van der Waals surface area contributed by atoms with E-state index in [2.05, 4.69) is 36.2 Å². The average molecular weight is 260 g/mol. The molecular weight excluding hydrogens is 236 g/mol. The number of benzene rings is 1. The van der Waals surface area contributed by atoms with Crippen molar-refractivity contribution in [2.45, 2.75) is 39.5 Å². The van der Waals surface area contributed by atoms with Crippen LogP contribution in [0.15, 0.2) is 24.3 Å². The van der Waals surface area contributed by atoms with E-state index in [-0.39, 0.29) is 11.8 Å². The third kappa shape index (κ3) is 3.98. The van der Waals surface area contributed by atoms with E-state index >= 15 is 0 Å². The van der Waals surface area contributed by atoms with Crippen LogP contribution >= 0.6 is 0 Å². The molecule has 0 unspecified atom stereocenters. The molecular formula is C16H24N2O. The molecule has 0 saturated heterocycles. The number of rotatable bonds is 7. The molecule has 1 saturated carbocycles. The molecule has 1 fully saturated rings. The van der Waals surface area contributed by atoms with Crippen LogP contribution in [0.3, 0.4) is 0 Å². The Kier molecular flexibility index (Phi) is 4.83. The molecule has 3 heteroatoms. The lowest BCUT2D eigenvalue weighted by atomic mass is 10.2. The van der Waals surface area contributed by atoms with Crippen molar-refractivity contribution in [1.29, 1.82) is 0 Å². The van der Waals surface area contributed by atoms with E-state index in [0.717, 1.165) is 44.5 Å². The summed E-state index contributed by atoms with van der Waals surface area (Å²) in [6.07, 6.45) is 4.40. The first kappa shape index (κ1) is 13.9. The van der Waals surface area contributed by atoms with Crippen molar-refractivity contribution >= 4 is 17.3 Å². The number of nitrogens with one attached hydrogen (secondary N) is 1. The Bertz CT molecular complexity index is 403. The lowest BCUT2D eigenvalue weighted by Gasteiger charge is -2.24. The first-order valence-corrected chi connectivity index (χ1v) is 7.40. The first-order chi connectivity index (χ1) is 9.24. The zero-order valence-electron chi connectivity index (χ0n) is 12.0. The van der Waals surface area contributed by atoms with Gasteiger partial charge in [-0.05, 0) is 49.9 Å². The lowest BCUT2D eigenvalue weighted by molar-refractivity contribution is -0.117. The fraction of sp³-hybridized carbons (Fsp3) is 0.562. The normalized spacial score (nSPS) is 14.2. The van der Waals surface area contributed by atoms with Crippen LogP contribution in [-0.2, 0) is 4.79 Å². The van der Waals surface area contributed by atoms with Crippen LogP contribution in [0.2, 0.25) is 0 Å². The summed E-state index contributed by atoms with van der Waals surface area (Å²) in [5.74, 6) is 0.433. The van der Waals surface area contributed by atoms with Crippen molar-refractivity contribution < 1.29 is 4.79 Å². The predicted octanol–water partition coefficient (Wildman–Crippen LogP) is 3.66. The monoisotopic (exact) mass is 260 g/mol. The molecule has 1 aliphatic carbocycles. The number of hydrogen-bond donors (Lipinski definition) is 1. The number of carbonyl (C=O) groups is 1. The SMILES string of the molecule is CCCN(CCC)c1ccc(NC(=O)C2CC2)cc1. The van der Waals surface area contributed by atoms with Gasteiger partial charge in [0.15, 0.2) is 0 Å². The highest BCUT2D eigenvalue weighted by Gasteiger charge is 2.29. The summed E-state index contributed by atoms with van der Waals surface area (Å²) < 4.78 is 0. The minimum absolute atomic E-state index is 0.173. The lowest BCUT2D eigenvalue weighted by Crippen LogP contribution is -2.24. The molecule has 0 aromatic heterocycles. The van der Waals surface area contributed by atoms with Gasteiger partial charge >= 0.3 is 0 Å². The van der Waals surface area contributed by atoms with Gasteiger partial charge in [0.2, 0.25) is 5.91 Å². The van der Waals surface area contributed by atoms with Crippen LogP contribution in [0.1, 0.15) is 39.5 Å². The standard InChI is InChI=1S/C16H24N2O/c1-3-11-18(12-4-2)15-9-7-14(8-10-15)17-16(19)13-5-6-13/h7-10,13H,3-6,11-12H2,1-2H3,(H,17,19). The van der Waals surface area contributed by atoms with Crippen molar-refractivity contribution in [3.63, 3.8) is 0 Å². The smallest absolute Gasteiger partial charge is 0.227 e. The Labute approximate surface area is 116 Å². The number of nitrogens with zero attached hydrogens (tertiary/aromatic N) is 1. The minimum atomic E-state index is 0.173. The van der Waals surface area contributed by atoms with Gasteiger partial charge in [0, 0.05) is 30.4 Å². The minimum Gasteiger partial charge on any atom is -0.372 e. The number of amides is 1. The van der Waals surface area contributed by atoms with Crippen molar-refractivity contribution in [3.8, 4) is 0 Å². The molecule has 0 spiro atoms. The molecule has 1 amide bonds. The summed E-state index contributed by atoms with van der Waals surface area (Å²) in [6.45, 7) is 6.57. The Balaban J connectivity index is 1.97. The van der Waals surface area contributed by atoms with Crippen molar-refractivity contribution in [2.24, 2.45) is 5.92 Å². The van der Waals surface area contributed by atoms with E-state index in [1.165, 1.54) is 5.69 Å². The summed E-state index contributed by atoms with van der Waals surface area (Å²) in [4.78, 5) is 14.1. The van der Waals surface area contributed by atoms with Gasteiger partial charge in [-0.3, -0.25) is 4.79 Å². The molecule has 0 radical (unpaired) electrons. The van der Waals surface area contributed by atoms with Gasteiger partial charge in [-0.15, -0.1) is 0 Å². The van der Waals surface area contributed by atoms with Crippen molar-refractivity contribution in [2.75, 3.05) is 23.3 Å². The summed E-state index contributed by atoms with van der Waals surface area (Å²) in [6, 6.07) is 8.23. The highest BCUT2D eigenvalue weighted by molar-refractivity contribution is 5.94. The Hall–Kier alpha value is -1.51. The van der Waals surface area contributed by atoms with Crippen molar-refractivity contribution in [1.82, 2.24) is 0 Å². The summed E-state index contributed by atoms with van der Waals surface area (Å²) in [7, 11) is 0. The molecule has 0 aliphatic heterocycles. The topological polar surface area (TPSA) is 32.3 Å². The summed E-state index contributed by atoms with van der Waals surface area (Å²) in [5, 5.41) is 2.98. The average Bonchev–Trinajstić information content (AvgIpc) is 3.24. The van der Waals surface area contributed by atoms with Crippen LogP contribution in [0.5, 0.6) is 0 Å². The second-order valence-electron chi connectivity index (χ2n) is 5.30. The van der Waals surface area contributed by atoms with E-state index in [1.54, 1.807) is 0 Å². The van der Waals surface area contributed by atoms with Gasteiger partial charge in [0.1, 0.15) is 0 Å². The van der Waals surface area contributed by atoms with Crippen LogP contribution in [0, 0.1) is 5.92 Å². The predicted molar refractivity (Wildman–Crippen MR) is 80.6 cm³/mol. The number of hydrogen-bond acceptors (Lipinski definition) is 2. The van der Waals surface area contributed by atoms with E-state index < -0.39 is 0 Å². The molecule has 0 bridgehead atoms. The Morgan fingerprint density at radius 2 is 1.74 bits per heavy atom. The van der Waals surface area contributed by atoms with E-state index in [9.17, 15) is 4.79 Å². The highest BCUT2D eigenvalue weighted by Crippen LogP contribution is 2.30. The van der Waals surface area contributed by atoms with E-state index in [1.807, 2.05) is 12.1 Å². The van der Waals surface area contributed by atoms with E-state index in [4.69, 9.17) is 0 Å². The second kappa shape index (κ2) is 6.60. The molecule has 0 heterocycles. The molecule has 1 aromatic rings. The zero-order valence-corrected chi connectivity index (χ0v) is 12.0. The molecule has 2 rings (SSSR count). The van der Waals surface area contributed by atoms with Gasteiger partial charge < -0.3 is 10.2 Å². The van der Waals surface area contributed by atoms with Gasteiger partial charge in [-0.1, -0.05) is 13.8 Å². The van der Waals surface area contributed by atoms with Gasteiger partial charge in [-0.25, -0.2) is 0 Å². The van der Waals surface area contributed by atoms with Gasteiger partial charge in [-0.2, -0.15) is 0 Å². The maximum atomic E-state index is 11.7. The first-order valence-electron chi connectivity index (χ1n) is 7.40. The molecule has 19 heavy (non-hydrogen) atoms. The number of carbonyl (C=O) groups excluding carboxylic acids is 1. The quantitative estimate of drug-likeness (QED) is 0.811. The molecule has 0 atom stereocenters. The fourth-order valence-electron chi connectivity index (χ4n) is 2.26. The molecule has 3 nitrogen and oxygen atoms in total. The molecule has 1 aromatic carbocycles. The highest BCUT2D eigenvalue weighted by atomic mass is 16.2. The fourth-order valence-corrected chi connectivity index (χ4v) is 2.26. The third-order valence-corrected chi connectivity index (χ3v) is 3.44. The van der Waals surface area contributed by atoms with Crippen LogP contribution in [-0.4, -0.2) is 19.0 Å².